The number of nitrogens with one attached hydrogen (secondary N) is 1. The number of carboxylic acid groups (broad SMARTS) is 1. The molecule has 0 bridgehead atoms. The highest BCUT2D eigenvalue weighted by Gasteiger charge is 2.15. The number of ether oxygens (including phenoxy) is 2. The molecular weight excluding hydrogens is 330 g/mol. The average molecular weight is 347 g/mol. The Morgan fingerprint density at radius 3 is 2.38 bits per heavy atom. The molecule has 0 atom stereocenters. The van der Waals surface area contributed by atoms with Crippen molar-refractivity contribution in [3.63, 3.8) is 0 Å². The fraction of sp³-hybridized carbons (Fsp3) is 0.0952. The Balaban J connectivity index is 1.71. The molecule has 0 saturated carbocycles. The van der Waals surface area contributed by atoms with Crippen molar-refractivity contribution in [2.24, 2.45) is 0 Å². The van der Waals surface area contributed by atoms with Crippen LogP contribution >= 0.6 is 0 Å². The summed E-state index contributed by atoms with van der Waals surface area (Å²) in [6, 6.07) is 20.6. The first-order chi connectivity index (χ1) is 12.7. The van der Waals surface area contributed by atoms with E-state index in [1.165, 1.54) is 0 Å². The molecule has 3 aromatic carbocycles. The van der Waals surface area contributed by atoms with Crippen molar-refractivity contribution in [2.45, 2.75) is 0 Å². The molecule has 1 aliphatic rings. The first-order valence-electron chi connectivity index (χ1n) is 8.30. The quantitative estimate of drug-likeness (QED) is 0.724. The number of carboxylic acids is 1. The molecule has 1 aliphatic heterocycles. The van der Waals surface area contributed by atoms with Crippen LogP contribution in [0.25, 0.3) is 11.1 Å². The first kappa shape index (κ1) is 16.0. The summed E-state index contributed by atoms with van der Waals surface area (Å²) in [5.74, 6) is 0.361. The molecule has 0 unspecified atom stereocenters. The molecule has 0 aromatic heterocycles. The fourth-order valence-electron chi connectivity index (χ4n) is 2.92. The zero-order chi connectivity index (χ0) is 17.9. The minimum Gasteiger partial charge on any atom is -0.486 e. The van der Waals surface area contributed by atoms with Gasteiger partial charge in [-0.25, -0.2) is 4.79 Å². The van der Waals surface area contributed by atoms with Crippen LogP contribution in [0.15, 0.2) is 66.7 Å². The van der Waals surface area contributed by atoms with E-state index in [0.717, 1.165) is 16.8 Å². The maximum absolute atomic E-state index is 11.6. The van der Waals surface area contributed by atoms with Gasteiger partial charge in [0.05, 0.1) is 11.3 Å². The number of rotatable bonds is 4. The van der Waals surface area contributed by atoms with Crippen molar-refractivity contribution < 1.29 is 19.4 Å². The fourth-order valence-corrected chi connectivity index (χ4v) is 2.92. The highest BCUT2D eigenvalue weighted by atomic mass is 16.6. The largest absolute Gasteiger partial charge is 0.486 e. The van der Waals surface area contributed by atoms with Gasteiger partial charge in [-0.1, -0.05) is 36.4 Å². The van der Waals surface area contributed by atoms with Crippen molar-refractivity contribution in [2.75, 3.05) is 18.5 Å². The molecule has 0 aliphatic carbocycles. The zero-order valence-electron chi connectivity index (χ0n) is 13.9. The van der Waals surface area contributed by atoms with Crippen molar-refractivity contribution in [1.29, 1.82) is 0 Å². The third-order valence-electron chi connectivity index (χ3n) is 4.18. The summed E-state index contributed by atoms with van der Waals surface area (Å²) in [5.41, 5.74) is 3.43. The Labute approximate surface area is 150 Å². The zero-order valence-corrected chi connectivity index (χ0v) is 13.9. The molecular formula is C21H17NO4. The number of hydrogen-bond donors (Lipinski definition) is 2. The maximum atomic E-state index is 11.6. The molecule has 2 N–H and O–H groups in total. The summed E-state index contributed by atoms with van der Waals surface area (Å²) in [6.45, 7) is 1.03. The average Bonchev–Trinajstić information content (AvgIpc) is 2.68. The summed E-state index contributed by atoms with van der Waals surface area (Å²) in [6.07, 6.45) is 0. The van der Waals surface area contributed by atoms with Crippen LogP contribution in [0.2, 0.25) is 0 Å². The first-order valence-corrected chi connectivity index (χ1v) is 8.30. The third kappa shape index (κ3) is 3.19. The monoisotopic (exact) mass is 347 g/mol. The SMILES string of the molecule is O=C(O)c1ccc(-c2ccccc2)cc1Nc1ccc2c(c1)OCCO2. The predicted octanol–water partition coefficient (Wildman–Crippen LogP) is 4.57. The lowest BCUT2D eigenvalue weighted by molar-refractivity contribution is 0.0698. The maximum Gasteiger partial charge on any atom is 0.337 e. The highest BCUT2D eigenvalue weighted by Crippen LogP contribution is 2.35. The molecule has 26 heavy (non-hydrogen) atoms. The van der Waals surface area contributed by atoms with Crippen LogP contribution in [-0.2, 0) is 0 Å². The second-order valence-electron chi connectivity index (χ2n) is 5.91. The molecule has 0 saturated heterocycles. The van der Waals surface area contributed by atoms with E-state index in [0.29, 0.717) is 30.4 Å². The van der Waals surface area contributed by atoms with Crippen molar-refractivity contribution in [1.82, 2.24) is 0 Å². The van der Waals surface area contributed by atoms with Gasteiger partial charge in [0.25, 0.3) is 0 Å². The molecule has 0 amide bonds. The van der Waals surface area contributed by atoms with Gasteiger partial charge in [-0.2, -0.15) is 0 Å². The van der Waals surface area contributed by atoms with Gasteiger partial charge in [0.2, 0.25) is 0 Å². The molecule has 0 fully saturated rings. The van der Waals surface area contributed by atoms with Gasteiger partial charge in [-0.3, -0.25) is 0 Å². The van der Waals surface area contributed by atoms with Crippen molar-refractivity contribution >= 4 is 17.3 Å². The van der Waals surface area contributed by atoms with Gasteiger partial charge in [-0.05, 0) is 35.4 Å². The molecule has 4 rings (SSSR count). The second kappa shape index (κ2) is 6.80. The smallest absolute Gasteiger partial charge is 0.337 e. The summed E-state index contributed by atoms with van der Waals surface area (Å²) in [5, 5.41) is 12.7. The summed E-state index contributed by atoms with van der Waals surface area (Å²) < 4.78 is 11.1. The van der Waals surface area contributed by atoms with E-state index in [-0.39, 0.29) is 5.56 Å². The minimum absolute atomic E-state index is 0.208. The molecule has 0 spiro atoms. The van der Waals surface area contributed by atoms with E-state index in [4.69, 9.17) is 9.47 Å². The lowest BCUT2D eigenvalue weighted by atomic mass is 10.0. The van der Waals surface area contributed by atoms with E-state index in [9.17, 15) is 9.90 Å². The van der Waals surface area contributed by atoms with Crippen LogP contribution in [0.1, 0.15) is 10.4 Å². The van der Waals surface area contributed by atoms with Crippen LogP contribution < -0.4 is 14.8 Å². The number of benzene rings is 3. The Morgan fingerprint density at radius 2 is 1.62 bits per heavy atom. The van der Waals surface area contributed by atoms with Gasteiger partial charge in [0, 0.05) is 11.8 Å². The number of fused-ring (bicyclic) bond motifs is 1. The Bertz CT molecular complexity index is 953. The summed E-state index contributed by atoms with van der Waals surface area (Å²) >= 11 is 0. The molecule has 3 aromatic rings. The van der Waals surface area contributed by atoms with E-state index >= 15 is 0 Å². The normalized spacial score (nSPS) is 12.5. The van der Waals surface area contributed by atoms with E-state index in [2.05, 4.69) is 5.32 Å². The van der Waals surface area contributed by atoms with Crippen molar-refractivity contribution in [3.05, 3.63) is 72.3 Å². The molecule has 5 nitrogen and oxygen atoms in total. The van der Waals surface area contributed by atoms with Gasteiger partial charge in [0.15, 0.2) is 11.5 Å². The Morgan fingerprint density at radius 1 is 0.846 bits per heavy atom. The molecule has 130 valence electrons. The second-order valence-corrected chi connectivity index (χ2v) is 5.91. The molecule has 1 heterocycles. The lowest BCUT2D eigenvalue weighted by Gasteiger charge is -2.19. The van der Waals surface area contributed by atoms with Gasteiger partial charge in [0.1, 0.15) is 13.2 Å². The lowest BCUT2D eigenvalue weighted by Crippen LogP contribution is -2.15. The summed E-state index contributed by atoms with van der Waals surface area (Å²) in [4.78, 5) is 11.6. The highest BCUT2D eigenvalue weighted by molar-refractivity contribution is 5.96. The Kier molecular flexibility index (Phi) is 4.19. The van der Waals surface area contributed by atoms with Crippen LogP contribution in [0.4, 0.5) is 11.4 Å². The number of carbonyl (C=O) groups is 1. The van der Waals surface area contributed by atoms with Crippen molar-refractivity contribution in [3.8, 4) is 22.6 Å². The number of anilines is 2. The van der Waals surface area contributed by atoms with Crippen LogP contribution in [-0.4, -0.2) is 24.3 Å². The van der Waals surface area contributed by atoms with Crippen LogP contribution in [0, 0.1) is 0 Å². The number of hydrogen-bond acceptors (Lipinski definition) is 4. The van der Waals surface area contributed by atoms with E-state index < -0.39 is 5.97 Å². The predicted molar refractivity (Wildman–Crippen MR) is 99.6 cm³/mol. The van der Waals surface area contributed by atoms with Gasteiger partial charge in [-0.15, -0.1) is 0 Å². The molecule has 0 radical (unpaired) electrons. The van der Waals surface area contributed by atoms with E-state index in [1.807, 2.05) is 60.7 Å². The topological polar surface area (TPSA) is 67.8 Å². The molecule has 5 heteroatoms. The minimum atomic E-state index is -0.982. The van der Waals surface area contributed by atoms with Gasteiger partial charge >= 0.3 is 5.97 Å². The van der Waals surface area contributed by atoms with Crippen LogP contribution in [0.5, 0.6) is 11.5 Å². The third-order valence-corrected chi connectivity index (χ3v) is 4.18. The van der Waals surface area contributed by atoms with Gasteiger partial charge < -0.3 is 19.9 Å². The van der Waals surface area contributed by atoms with Crippen LogP contribution in [0.3, 0.4) is 0 Å². The van der Waals surface area contributed by atoms with E-state index in [1.54, 1.807) is 6.07 Å². The standard InChI is InChI=1S/C21H17NO4/c23-21(24)17-8-6-15(14-4-2-1-3-5-14)12-18(17)22-16-7-9-19-20(13-16)26-11-10-25-19/h1-9,12-13,22H,10-11H2,(H,23,24). The Hall–Kier alpha value is -3.47. The number of aromatic carboxylic acids is 1. The summed E-state index contributed by atoms with van der Waals surface area (Å²) in [7, 11) is 0.